The Hall–Kier alpha value is -1.97. The molecule has 0 atom stereocenters. The van der Waals surface area contributed by atoms with Crippen LogP contribution in [0.2, 0.25) is 0 Å². The van der Waals surface area contributed by atoms with Gasteiger partial charge in [-0.1, -0.05) is 26.0 Å². The Kier molecular flexibility index (Phi) is 3.55. The summed E-state index contributed by atoms with van der Waals surface area (Å²) >= 11 is 0. The van der Waals surface area contributed by atoms with Crippen LogP contribution in [0.5, 0.6) is 0 Å². The molecule has 4 heteroatoms. The van der Waals surface area contributed by atoms with E-state index in [1.165, 1.54) is 5.56 Å². The third-order valence-corrected chi connectivity index (χ3v) is 3.09. The first kappa shape index (κ1) is 12.5. The van der Waals surface area contributed by atoms with Gasteiger partial charge in [0.2, 0.25) is 0 Å². The van der Waals surface area contributed by atoms with E-state index in [2.05, 4.69) is 42.5 Å². The van der Waals surface area contributed by atoms with Crippen molar-refractivity contribution in [2.24, 2.45) is 7.05 Å². The van der Waals surface area contributed by atoms with E-state index in [0.29, 0.717) is 0 Å². The molecule has 3 N–H and O–H groups in total. The van der Waals surface area contributed by atoms with E-state index in [-0.39, 0.29) is 0 Å². The van der Waals surface area contributed by atoms with Crippen molar-refractivity contribution in [3.8, 4) is 0 Å². The molecule has 2 rings (SSSR count). The van der Waals surface area contributed by atoms with E-state index in [9.17, 15) is 0 Å². The van der Waals surface area contributed by atoms with Crippen LogP contribution in [0.15, 0.2) is 24.3 Å². The van der Waals surface area contributed by atoms with Crippen molar-refractivity contribution in [1.82, 2.24) is 9.78 Å². The second-order valence-electron chi connectivity index (χ2n) is 4.37. The molecular formula is C14H20N4. The molecule has 96 valence electrons. The molecule has 0 amide bonds. The first-order chi connectivity index (χ1) is 8.65. The quantitative estimate of drug-likeness (QED) is 0.869. The number of nitrogens with two attached hydrogens (primary N) is 1. The zero-order valence-corrected chi connectivity index (χ0v) is 11.2. The summed E-state index contributed by atoms with van der Waals surface area (Å²) in [7, 11) is 1.90. The van der Waals surface area contributed by atoms with Crippen molar-refractivity contribution in [2.45, 2.75) is 26.7 Å². The highest BCUT2D eigenvalue weighted by Crippen LogP contribution is 2.26. The lowest BCUT2D eigenvalue weighted by Gasteiger charge is -2.09. The summed E-state index contributed by atoms with van der Waals surface area (Å²) in [5.74, 6) is 0.861. The van der Waals surface area contributed by atoms with Gasteiger partial charge in [0.1, 0.15) is 0 Å². The van der Waals surface area contributed by atoms with Crippen molar-refractivity contribution in [3.63, 3.8) is 0 Å². The van der Waals surface area contributed by atoms with Gasteiger partial charge in [0.15, 0.2) is 5.82 Å². The van der Waals surface area contributed by atoms with E-state index >= 15 is 0 Å². The average molecular weight is 244 g/mol. The molecule has 0 aliphatic carbocycles. The van der Waals surface area contributed by atoms with Crippen LogP contribution >= 0.6 is 0 Å². The van der Waals surface area contributed by atoms with Crippen molar-refractivity contribution >= 4 is 17.2 Å². The van der Waals surface area contributed by atoms with Gasteiger partial charge >= 0.3 is 0 Å². The number of aromatic nitrogens is 2. The first-order valence-corrected chi connectivity index (χ1v) is 6.33. The van der Waals surface area contributed by atoms with Gasteiger partial charge in [-0.2, -0.15) is 5.10 Å². The van der Waals surface area contributed by atoms with E-state index in [1.54, 1.807) is 4.68 Å². The maximum absolute atomic E-state index is 6.09. The van der Waals surface area contributed by atoms with Crippen LogP contribution in [0.4, 0.5) is 17.2 Å². The smallest absolute Gasteiger partial charge is 0.152 e. The van der Waals surface area contributed by atoms with Crippen molar-refractivity contribution in [2.75, 3.05) is 11.1 Å². The fraction of sp³-hybridized carbons (Fsp3) is 0.357. The summed E-state index contributed by atoms with van der Waals surface area (Å²) in [6.45, 7) is 4.20. The highest BCUT2D eigenvalue weighted by molar-refractivity contribution is 5.71. The van der Waals surface area contributed by atoms with Crippen LogP contribution in [0.25, 0.3) is 0 Å². The molecule has 0 unspecified atom stereocenters. The topological polar surface area (TPSA) is 55.9 Å². The highest BCUT2D eigenvalue weighted by Gasteiger charge is 2.11. The predicted octanol–water partition coefficient (Wildman–Crippen LogP) is 2.87. The molecule has 0 bridgehead atoms. The van der Waals surface area contributed by atoms with Crippen LogP contribution < -0.4 is 11.1 Å². The van der Waals surface area contributed by atoms with Crippen molar-refractivity contribution in [1.29, 1.82) is 0 Å². The molecule has 0 saturated carbocycles. The summed E-state index contributed by atoms with van der Waals surface area (Å²) in [5.41, 5.74) is 10.1. The summed E-state index contributed by atoms with van der Waals surface area (Å²) in [4.78, 5) is 0. The number of nitrogens with zero attached hydrogens (tertiary/aromatic N) is 2. The van der Waals surface area contributed by atoms with E-state index in [0.717, 1.165) is 35.7 Å². The number of rotatable bonds is 4. The van der Waals surface area contributed by atoms with Gasteiger partial charge in [0.05, 0.1) is 11.4 Å². The number of aryl methyl sites for hydroxylation is 3. The molecule has 0 spiro atoms. The molecule has 4 nitrogen and oxygen atoms in total. The van der Waals surface area contributed by atoms with Gasteiger partial charge in [0.25, 0.3) is 0 Å². The fourth-order valence-electron chi connectivity index (χ4n) is 2.01. The van der Waals surface area contributed by atoms with E-state index in [4.69, 9.17) is 5.73 Å². The van der Waals surface area contributed by atoms with Gasteiger partial charge in [0, 0.05) is 12.7 Å². The molecule has 2 aromatic rings. The molecule has 0 saturated heterocycles. The lowest BCUT2D eigenvalue weighted by Crippen LogP contribution is -2.01. The van der Waals surface area contributed by atoms with Crippen molar-refractivity contribution < 1.29 is 0 Å². The number of anilines is 3. The highest BCUT2D eigenvalue weighted by atomic mass is 15.3. The summed E-state index contributed by atoms with van der Waals surface area (Å²) in [5, 5.41) is 7.74. The fourth-order valence-corrected chi connectivity index (χ4v) is 2.01. The molecular weight excluding hydrogens is 224 g/mol. The molecule has 1 aromatic carbocycles. The molecule has 1 heterocycles. The van der Waals surface area contributed by atoms with Crippen LogP contribution in [-0.2, 0) is 19.9 Å². The SMILES string of the molecule is CCc1cccc(Nc2c(N)c(CC)nn2C)c1. The minimum Gasteiger partial charge on any atom is -0.394 e. The van der Waals surface area contributed by atoms with Gasteiger partial charge in [-0.25, -0.2) is 0 Å². The standard InChI is InChI=1S/C14H20N4/c1-4-10-7-6-8-11(9-10)16-14-13(15)12(5-2)17-18(14)3/h6-9,16H,4-5,15H2,1-3H3. The summed E-state index contributed by atoms with van der Waals surface area (Å²) < 4.78 is 1.80. The Labute approximate surface area is 108 Å². The monoisotopic (exact) mass is 244 g/mol. The summed E-state index contributed by atoms with van der Waals surface area (Å²) in [6, 6.07) is 8.35. The maximum Gasteiger partial charge on any atom is 0.152 e. The first-order valence-electron chi connectivity index (χ1n) is 6.33. The minimum atomic E-state index is 0.738. The van der Waals surface area contributed by atoms with E-state index in [1.807, 2.05) is 13.1 Å². The number of benzene rings is 1. The third-order valence-electron chi connectivity index (χ3n) is 3.09. The van der Waals surface area contributed by atoms with Crippen LogP contribution in [-0.4, -0.2) is 9.78 Å². The maximum atomic E-state index is 6.09. The Balaban J connectivity index is 2.30. The second-order valence-corrected chi connectivity index (χ2v) is 4.37. The van der Waals surface area contributed by atoms with Crippen molar-refractivity contribution in [3.05, 3.63) is 35.5 Å². The molecule has 0 radical (unpaired) electrons. The number of nitrogens with one attached hydrogen (secondary N) is 1. The van der Waals surface area contributed by atoms with Crippen LogP contribution in [0, 0.1) is 0 Å². The third kappa shape index (κ3) is 2.32. The predicted molar refractivity (Wildman–Crippen MR) is 76.1 cm³/mol. The normalized spacial score (nSPS) is 10.6. The zero-order chi connectivity index (χ0) is 13.1. The number of hydrogen-bond acceptors (Lipinski definition) is 3. The van der Waals surface area contributed by atoms with Gasteiger partial charge < -0.3 is 11.1 Å². The number of nitrogen functional groups attached to an aromatic ring is 1. The molecule has 18 heavy (non-hydrogen) atoms. The van der Waals surface area contributed by atoms with E-state index < -0.39 is 0 Å². The lowest BCUT2D eigenvalue weighted by atomic mass is 10.1. The lowest BCUT2D eigenvalue weighted by molar-refractivity contribution is 0.753. The Bertz CT molecular complexity index is 543. The molecule has 0 aliphatic heterocycles. The minimum absolute atomic E-state index is 0.738. The second kappa shape index (κ2) is 5.12. The largest absolute Gasteiger partial charge is 0.394 e. The zero-order valence-electron chi connectivity index (χ0n) is 11.2. The summed E-state index contributed by atoms with van der Waals surface area (Å²) in [6.07, 6.45) is 1.87. The van der Waals surface area contributed by atoms with Gasteiger partial charge in [-0.15, -0.1) is 0 Å². The average Bonchev–Trinajstić information content (AvgIpc) is 2.66. The number of hydrogen-bond donors (Lipinski definition) is 2. The van der Waals surface area contributed by atoms with Crippen LogP contribution in [0.3, 0.4) is 0 Å². The van der Waals surface area contributed by atoms with Gasteiger partial charge in [-0.05, 0) is 30.5 Å². The molecule has 0 fully saturated rings. The Morgan fingerprint density at radius 3 is 2.67 bits per heavy atom. The Morgan fingerprint density at radius 2 is 2.06 bits per heavy atom. The van der Waals surface area contributed by atoms with Crippen LogP contribution in [0.1, 0.15) is 25.1 Å². The van der Waals surface area contributed by atoms with Gasteiger partial charge in [-0.3, -0.25) is 4.68 Å². The molecule has 0 aliphatic rings. The molecule has 1 aromatic heterocycles. The Morgan fingerprint density at radius 1 is 1.28 bits per heavy atom.